The summed E-state index contributed by atoms with van der Waals surface area (Å²) >= 11 is 0. The smallest absolute Gasteiger partial charge is 0.331 e. The van der Waals surface area contributed by atoms with Gasteiger partial charge in [-0.1, -0.05) is 30.3 Å². The molecule has 174 valence electrons. The average molecular weight is 460 g/mol. The molecule has 0 radical (unpaired) electrons. The van der Waals surface area contributed by atoms with Crippen LogP contribution in [-0.2, 0) is 29.2 Å². The van der Waals surface area contributed by atoms with E-state index in [0.717, 1.165) is 10.1 Å². The number of amides is 2. The van der Waals surface area contributed by atoms with E-state index in [1.54, 1.807) is 48.5 Å². The zero-order chi connectivity index (χ0) is 24.1. The van der Waals surface area contributed by atoms with Gasteiger partial charge in [0.1, 0.15) is 12.3 Å². The maximum atomic E-state index is 13.2. The van der Waals surface area contributed by atoms with E-state index in [-0.39, 0.29) is 32.0 Å². The quantitative estimate of drug-likeness (QED) is 0.419. The molecule has 0 saturated heterocycles. The molecule has 2 amide bonds. The van der Waals surface area contributed by atoms with Gasteiger partial charge in [-0.25, -0.2) is 4.79 Å². The minimum atomic E-state index is -0.650. The van der Waals surface area contributed by atoms with Crippen molar-refractivity contribution < 1.29 is 14.0 Å². The van der Waals surface area contributed by atoms with Crippen molar-refractivity contribution >= 4 is 28.4 Å². The Morgan fingerprint density at radius 2 is 1.68 bits per heavy atom. The Balaban J connectivity index is 1.57. The number of fused-ring (bicyclic) bond motifs is 1. The summed E-state index contributed by atoms with van der Waals surface area (Å²) in [5.41, 5.74) is 0.735. The van der Waals surface area contributed by atoms with Crippen LogP contribution in [0.4, 0.5) is 5.69 Å². The van der Waals surface area contributed by atoms with Gasteiger partial charge in [-0.15, -0.1) is 0 Å². The van der Waals surface area contributed by atoms with Gasteiger partial charge in [0, 0.05) is 18.7 Å². The van der Waals surface area contributed by atoms with Gasteiger partial charge >= 0.3 is 5.69 Å². The summed E-state index contributed by atoms with van der Waals surface area (Å²) in [6.45, 7) is 1.68. The molecule has 2 heterocycles. The first-order valence-electron chi connectivity index (χ1n) is 10.8. The first kappa shape index (κ1) is 22.8. The molecule has 0 aliphatic rings. The summed E-state index contributed by atoms with van der Waals surface area (Å²) in [5, 5.41) is 5.79. The predicted octanol–water partition coefficient (Wildman–Crippen LogP) is 2.41. The van der Waals surface area contributed by atoms with E-state index < -0.39 is 17.2 Å². The van der Waals surface area contributed by atoms with Gasteiger partial charge in [0.2, 0.25) is 11.8 Å². The lowest BCUT2D eigenvalue weighted by Gasteiger charge is -2.14. The Morgan fingerprint density at radius 3 is 2.44 bits per heavy atom. The lowest BCUT2D eigenvalue weighted by Crippen LogP contribution is -2.42. The molecule has 0 aliphatic carbocycles. The molecule has 0 saturated carbocycles. The second-order valence-corrected chi connectivity index (χ2v) is 7.81. The minimum Gasteiger partial charge on any atom is -0.467 e. The fourth-order valence-corrected chi connectivity index (χ4v) is 3.67. The topological polar surface area (TPSA) is 115 Å². The number of nitrogens with zero attached hydrogens (tertiary/aromatic N) is 2. The van der Waals surface area contributed by atoms with Gasteiger partial charge < -0.3 is 15.1 Å². The van der Waals surface area contributed by atoms with E-state index in [4.69, 9.17) is 4.42 Å². The lowest BCUT2D eigenvalue weighted by molar-refractivity contribution is -0.121. The van der Waals surface area contributed by atoms with Crippen molar-refractivity contribution in [1.82, 2.24) is 14.5 Å². The number of nitrogens with one attached hydrogen (secondary N) is 2. The van der Waals surface area contributed by atoms with Crippen LogP contribution < -0.4 is 21.9 Å². The van der Waals surface area contributed by atoms with Crippen LogP contribution >= 0.6 is 0 Å². The fourth-order valence-electron chi connectivity index (χ4n) is 3.67. The summed E-state index contributed by atoms with van der Waals surface area (Å²) in [6, 6.07) is 17.4. The standard InChI is InChI=1S/C25H24N4O5/c1-17-7-2-4-10-20(17)27-23(31)16-29-21-11-5-3-9-19(21)24(32)28(25(29)33)13-12-22(30)26-15-18-8-6-14-34-18/h2-11,14H,12-13,15-16H2,1H3,(H,26,30)(H,27,31). The van der Waals surface area contributed by atoms with Crippen molar-refractivity contribution in [1.29, 1.82) is 0 Å². The SMILES string of the molecule is Cc1ccccc1NC(=O)Cn1c(=O)n(CCC(=O)NCc2ccco2)c(=O)c2ccccc21. The number of rotatable bonds is 8. The minimum absolute atomic E-state index is 0.0798. The highest BCUT2D eigenvalue weighted by Crippen LogP contribution is 2.14. The van der Waals surface area contributed by atoms with Gasteiger partial charge in [0.05, 0.1) is 23.7 Å². The molecule has 2 aromatic heterocycles. The van der Waals surface area contributed by atoms with Crippen molar-refractivity contribution in [3.05, 3.63) is 99.1 Å². The highest BCUT2D eigenvalue weighted by atomic mass is 16.3. The number of benzene rings is 2. The number of hydrogen-bond donors (Lipinski definition) is 2. The molecule has 0 unspecified atom stereocenters. The first-order valence-corrected chi connectivity index (χ1v) is 10.8. The Kier molecular flexibility index (Phi) is 6.72. The Labute approximate surface area is 194 Å². The maximum Gasteiger partial charge on any atom is 0.331 e. The van der Waals surface area contributed by atoms with Crippen LogP contribution in [0.5, 0.6) is 0 Å². The maximum absolute atomic E-state index is 13.2. The number of carbonyl (C=O) groups excluding carboxylic acids is 2. The molecule has 0 spiro atoms. The van der Waals surface area contributed by atoms with Crippen LogP contribution in [0.25, 0.3) is 10.9 Å². The molecular weight excluding hydrogens is 436 g/mol. The first-order chi connectivity index (χ1) is 16.4. The summed E-state index contributed by atoms with van der Waals surface area (Å²) in [4.78, 5) is 51.2. The van der Waals surface area contributed by atoms with E-state index in [9.17, 15) is 19.2 Å². The highest BCUT2D eigenvalue weighted by Gasteiger charge is 2.16. The zero-order valence-corrected chi connectivity index (χ0v) is 18.6. The van der Waals surface area contributed by atoms with Crippen molar-refractivity contribution in [2.45, 2.75) is 33.0 Å². The highest BCUT2D eigenvalue weighted by molar-refractivity contribution is 5.92. The molecule has 4 rings (SSSR count). The van der Waals surface area contributed by atoms with Crippen LogP contribution in [0.2, 0.25) is 0 Å². The number of aryl methyl sites for hydroxylation is 1. The molecule has 2 N–H and O–H groups in total. The van der Waals surface area contributed by atoms with Gasteiger partial charge in [-0.2, -0.15) is 0 Å². The van der Waals surface area contributed by atoms with Crippen LogP contribution in [0.1, 0.15) is 17.7 Å². The van der Waals surface area contributed by atoms with Crippen LogP contribution in [0.15, 0.2) is 80.9 Å². The number of furan rings is 1. The molecule has 4 aromatic rings. The third-order valence-corrected chi connectivity index (χ3v) is 5.46. The number of hydrogen-bond acceptors (Lipinski definition) is 5. The molecule has 0 atom stereocenters. The summed E-state index contributed by atoms with van der Waals surface area (Å²) in [6.07, 6.45) is 1.43. The van der Waals surface area contributed by atoms with Crippen LogP contribution in [0, 0.1) is 6.92 Å². The summed E-state index contributed by atoms with van der Waals surface area (Å²) < 4.78 is 7.43. The molecule has 0 bridgehead atoms. The lowest BCUT2D eigenvalue weighted by atomic mass is 10.2. The number of para-hydroxylation sites is 2. The summed E-state index contributed by atoms with van der Waals surface area (Å²) in [7, 11) is 0. The van der Waals surface area contributed by atoms with Crippen molar-refractivity contribution in [3.8, 4) is 0 Å². The van der Waals surface area contributed by atoms with E-state index >= 15 is 0 Å². The van der Waals surface area contributed by atoms with Crippen molar-refractivity contribution in [3.63, 3.8) is 0 Å². The van der Waals surface area contributed by atoms with E-state index in [2.05, 4.69) is 10.6 Å². The molecule has 0 fully saturated rings. The van der Waals surface area contributed by atoms with Crippen molar-refractivity contribution in [2.75, 3.05) is 5.32 Å². The molecule has 34 heavy (non-hydrogen) atoms. The fraction of sp³-hybridized carbons (Fsp3) is 0.200. The van der Waals surface area contributed by atoms with E-state index in [1.165, 1.54) is 10.8 Å². The van der Waals surface area contributed by atoms with Gasteiger partial charge in [0.25, 0.3) is 5.56 Å². The van der Waals surface area contributed by atoms with Crippen LogP contribution in [-0.4, -0.2) is 20.9 Å². The monoisotopic (exact) mass is 460 g/mol. The molecule has 9 heteroatoms. The van der Waals surface area contributed by atoms with Gasteiger partial charge in [-0.3, -0.25) is 23.5 Å². The number of carbonyl (C=O) groups is 2. The molecule has 2 aromatic carbocycles. The normalized spacial score (nSPS) is 10.9. The third kappa shape index (κ3) is 4.98. The van der Waals surface area contributed by atoms with E-state index in [1.807, 2.05) is 19.1 Å². The molecule has 0 aliphatic heterocycles. The number of anilines is 1. The molecule has 9 nitrogen and oxygen atoms in total. The van der Waals surface area contributed by atoms with Crippen molar-refractivity contribution in [2.24, 2.45) is 0 Å². The second-order valence-electron chi connectivity index (χ2n) is 7.81. The Bertz CT molecular complexity index is 1450. The Hall–Kier alpha value is -4.40. The van der Waals surface area contributed by atoms with E-state index in [0.29, 0.717) is 22.4 Å². The zero-order valence-electron chi connectivity index (χ0n) is 18.6. The second kappa shape index (κ2) is 10.0. The average Bonchev–Trinajstić information content (AvgIpc) is 3.36. The number of aromatic nitrogens is 2. The van der Waals surface area contributed by atoms with Crippen LogP contribution in [0.3, 0.4) is 0 Å². The largest absolute Gasteiger partial charge is 0.467 e. The third-order valence-electron chi connectivity index (χ3n) is 5.46. The van der Waals surface area contributed by atoms with Gasteiger partial charge in [-0.05, 0) is 42.8 Å². The summed E-state index contributed by atoms with van der Waals surface area (Å²) in [5.74, 6) is -0.138. The Morgan fingerprint density at radius 1 is 0.912 bits per heavy atom. The molecular formula is C25H24N4O5. The van der Waals surface area contributed by atoms with Gasteiger partial charge in [0.15, 0.2) is 0 Å². The predicted molar refractivity (Wildman–Crippen MR) is 127 cm³/mol.